The maximum atomic E-state index is 12.9. The van der Waals surface area contributed by atoms with E-state index in [1.54, 1.807) is 0 Å². The molecule has 1 N–H and O–H groups in total. The SMILES string of the molecule is O=C(O[C@H]1CCOC1=O)c1cccc(S(=O)(=O)Nc2ccc(F)cc2)c1. The van der Waals surface area contributed by atoms with Gasteiger partial charge in [-0.1, -0.05) is 6.07 Å². The van der Waals surface area contributed by atoms with Crippen LogP contribution < -0.4 is 4.72 Å². The van der Waals surface area contributed by atoms with E-state index in [-0.39, 0.29) is 29.2 Å². The van der Waals surface area contributed by atoms with E-state index < -0.39 is 33.9 Å². The Bertz CT molecular complexity index is 942. The first-order valence-electron chi connectivity index (χ1n) is 7.61. The summed E-state index contributed by atoms with van der Waals surface area (Å²) < 4.78 is 49.8. The van der Waals surface area contributed by atoms with Gasteiger partial charge in [0.1, 0.15) is 5.82 Å². The number of anilines is 1. The van der Waals surface area contributed by atoms with Gasteiger partial charge in [0.2, 0.25) is 6.10 Å². The van der Waals surface area contributed by atoms with Crippen molar-refractivity contribution in [2.75, 3.05) is 11.3 Å². The van der Waals surface area contributed by atoms with E-state index in [9.17, 15) is 22.4 Å². The number of cyclic esters (lactones) is 1. The second-order valence-corrected chi connectivity index (χ2v) is 7.17. The molecule has 2 aromatic carbocycles. The molecule has 136 valence electrons. The number of halogens is 1. The molecule has 0 radical (unpaired) electrons. The zero-order chi connectivity index (χ0) is 18.7. The summed E-state index contributed by atoms with van der Waals surface area (Å²) in [5, 5.41) is 0. The highest BCUT2D eigenvalue weighted by Gasteiger charge is 2.30. The molecule has 0 bridgehead atoms. The first-order chi connectivity index (χ1) is 12.3. The summed E-state index contributed by atoms with van der Waals surface area (Å²) in [6, 6.07) is 9.97. The van der Waals surface area contributed by atoms with E-state index in [0.717, 1.165) is 18.2 Å². The van der Waals surface area contributed by atoms with Crippen LogP contribution in [0.4, 0.5) is 10.1 Å². The lowest BCUT2D eigenvalue weighted by atomic mass is 10.2. The van der Waals surface area contributed by atoms with Crippen LogP contribution >= 0.6 is 0 Å². The van der Waals surface area contributed by atoms with Crippen LogP contribution in [0.15, 0.2) is 53.4 Å². The van der Waals surface area contributed by atoms with E-state index >= 15 is 0 Å². The smallest absolute Gasteiger partial charge is 0.347 e. The molecule has 0 aromatic heterocycles. The summed E-state index contributed by atoms with van der Waals surface area (Å²) in [6.07, 6.45) is -0.727. The number of esters is 2. The van der Waals surface area contributed by atoms with Gasteiger partial charge in [-0.3, -0.25) is 4.72 Å². The molecule has 0 spiro atoms. The number of hydrogen-bond acceptors (Lipinski definition) is 6. The number of rotatable bonds is 5. The van der Waals surface area contributed by atoms with Crippen molar-refractivity contribution in [3.63, 3.8) is 0 Å². The number of ether oxygens (including phenoxy) is 2. The minimum atomic E-state index is -3.99. The number of carbonyl (C=O) groups is 2. The predicted molar refractivity (Wildman–Crippen MR) is 88.4 cm³/mol. The van der Waals surface area contributed by atoms with Crippen LogP contribution in [-0.2, 0) is 24.3 Å². The maximum Gasteiger partial charge on any atom is 0.347 e. The number of hydrogen-bond donors (Lipinski definition) is 1. The molecule has 9 heteroatoms. The second kappa shape index (κ2) is 7.12. The molecule has 2 aromatic rings. The van der Waals surface area contributed by atoms with Crippen LogP contribution in [0.5, 0.6) is 0 Å². The van der Waals surface area contributed by atoms with Crippen LogP contribution in [0.1, 0.15) is 16.8 Å². The summed E-state index contributed by atoms with van der Waals surface area (Å²) in [7, 11) is -3.99. The molecule has 26 heavy (non-hydrogen) atoms. The van der Waals surface area contributed by atoms with Crippen LogP contribution in [0, 0.1) is 5.82 Å². The average molecular weight is 379 g/mol. The molecule has 0 saturated carbocycles. The Hall–Kier alpha value is -2.94. The lowest BCUT2D eigenvalue weighted by Gasteiger charge is -2.11. The summed E-state index contributed by atoms with van der Waals surface area (Å²) in [5.74, 6) is -1.95. The molecule has 1 aliphatic heterocycles. The fourth-order valence-electron chi connectivity index (χ4n) is 2.30. The van der Waals surface area contributed by atoms with Gasteiger partial charge in [0.25, 0.3) is 10.0 Å². The predicted octanol–water partition coefficient (Wildman–Crippen LogP) is 2.10. The molecule has 0 unspecified atom stereocenters. The van der Waals surface area contributed by atoms with E-state index in [1.165, 1.54) is 30.3 Å². The summed E-state index contributed by atoms with van der Waals surface area (Å²) in [4.78, 5) is 23.3. The van der Waals surface area contributed by atoms with Crippen molar-refractivity contribution in [2.45, 2.75) is 17.4 Å². The molecule has 0 aliphatic carbocycles. The summed E-state index contributed by atoms with van der Waals surface area (Å²) >= 11 is 0. The number of nitrogens with one attached hydrogen (secondary N) is 1. The Labute approximate surface area is 148 Å². The maximum absolute atomic E-state index is 12.9. The Morgan fingerprint density at radius 3 is 2.58 bits per heavy atom. The van der Waals surface area contributed by atoms with Gasteiger partial charge in [-0.15, -0.1) is 0 Å². The van der Waals surface area contributed by atoms with Crippen LogP contribution in [0.3, 0.4) is 0 Å². The highest BCUT2D eigenvalue weighted by Crippen LogP contribution is 2.19. The zero-order valence-electron chi connectivity index (χ0n) is 13.3. The molecule has 1 heterocycles. The van der Waals surface area contributed by atoms with Gasteiger partial charge in [0.15, 0.2) is 0 Å². The van der Waals surface area contributed by atoms with Crippen molar-refractivity contribution < 1.29 is 31.9 Å². The fourth-order valence-corrected chi connectivity index (χ4v) is 3.41. The molecule has 1 fully saturated rings. The van der Waals surface area contributed by atoms with Gasteiger partial charge in [-0.2, -0.15) is 0 Å². The van der Waals surface area contributed by atoms with Crippen molar-refractivity contribution in [3.8, 4) is 0 Å². The van der Waals surface area contributed by atoms with Gasteiger partial charge >= 0.3 is 11.9 Å². The van der Waals surface area contributed by atoms with Crippen molar-refractivity contribution in [1.29, 1.82) is 0 Å². The quantitative estimate of drug-likeness (QED) is 0.799. The first kappa shape index (κ1) is 17.9. The van der Waals surface area contributed by atoms with Crippen molar-refractivity contribution in [2.24, 2.45) is 0 Å². The molecule has 1 aliphatic rings. The molecule has 1 atom stereocenters. The topological polar surface area (TPSA) is 98.8 Å². The normalized spacial score (nSPS) is 16.8. The van der Waals surface area contributed by atoms with E-state index in [4.69, 9.17) is 9.47 Å². The molecule has 3 rings (SSSR count). The largest absolute Gasteiger partial charge is 0.463 e. The van der Waals surface area contributed by atoms with E-state index in [2.05, 4.69) is 4.72 Å². The molecule has 7 nitrogen and oxygen atoms in total. The minimum Gasteiger partial charge on any atom is -0.463 e. The molecular weight excluding hydrogens is 365 g/mol. The molecule has 0 amide bonds. The summed E-state index contributed by atoms with van der Waals surface area (Å²) in [6.45, 7) is 0.173. The lowest BCUT2D eigenvalue weighted by Crippen LogP contribution is -2.23. The van der Waals surface area contributed by atoms with Gasteiger partial charge in [0, 0.05) is 12.1 Å². The lowest BCUT2D eigenvalue weighted by molar-refractivity contribution is -0.145. The fraction of sp³-hybridized carbons (Fsp3) is 0.176. The van der Waals surface area contributed by atoms with Crippen molar-refractivity contribution >= 4 is 27.6 Å². The van der Waals surface area contributed by atoms with Crippen LogP contribution in [-0.4, -0.2) is 33.1 Å². The first-order valence-corrected chi connectivity index (χ1v) is 9.09. The number of carbonyl (C=O) groups excluding carboxylic acids is 2. The Morgan fingerprint density at radius 2 is 1.92 bits per heavy atom. The number of benzene rings is 2. The van der Waals surface area contributed by atoms with Crippen molar-refractivity contribution in [1.82, 2.24) is 0 Å². The van der Waals surface area contributed by atoms with E-state index in [0.29, 0.717) is 0 Å². The van der Waals surface area contributed by atoms with Gasteiger partial charge in [-0.25, -0.2) is 22.4 Å². The monoisotopic (exact) mass is 379 g/mol. The standard InChI is InChI=1S/C17H14FNO6S/c18-12-4-6-13(7-5-12)19-26(22,23)14-3-1-2-11(10-14)16(20)25-15-8-9-24-17(15)21/h1-7,10,15,19H,8-9H2/t15-/m0/s1. The van der Waals surface area contributed by atoms with Crippen molar-refractivity contribution in [3.05, 3.63) is 59.9 Å². The third kappa shape index (κ3) is 3.99. The zero-order valence-corrected chi connectivity index (χ0v) is 14.2. The highest BCUT2D eigenvalue weighted by atomic mass is 32.2. The minimum absolute atomic E-state index is 0.0216. The van der Waals surface area contributed by atoms with Crippen LogP contribution in [0.25, 0.3) is 0 Å². The Balaban J connectivity index is 1.78. The average Bonchev–Trinajstić information content (AvgIpc) is 3.02. The third-order valence-corrected chi connectivity index (χ3v) is 4.99. The van der Waals surface area contributed by atoms with Crippen LogP contribution in [0.2, 0.25) is 0 Å². The third-order valence-electron chi connectivity index (χ3n) is 3.61. The Kier molecular flexibility index (Phi) is 4.90. The van der Waals surface area contributed by atoms with Gasteiger partial charge in [0.05, 0.1) is 17.1 Å². The number of sulfonamides is 1. The highest BCUT2D eigenvalue weighted by molar-refractivity contribution is 7.92. The van der Waals surface area contributed by atoms with E-state index in [1.807, 2.05) is 0 Å². The second-order valence-electron chi connectivity index (χ2n) is 5.49. The van der Waals surface area contributed by atoms with Gasteiger partial charge in [-0.05, 0) is 42.5 Å². The summed E-state index contributed by atoms with van der Waals surface area (Å²) in [5.41, 5.74) is 0.153. The molecular formula is C17H14FNO6S. The Morgan fingerprint density at radius 1 is 1.19 bits per heavy atom. The van der Waals surface area contributed by atoms with Gasteiger partial charge < -0.3 is 9.47 Å². The molecule has 1 saturated heterocycles.